The molecule has 154 valence electrons. The van der Waals surface area contributed by atoms with Crippen LogP contribution in [0.3, 0.4) is 0 Å². The summed E-state index contributed by atoms with van der Waals surface area (Å²) in [5.41, 5.74) is -0.377. The molecule has 1 amide bonds. The van der Waals surface area contributed by atoms with E-state index in [0.29, 0.717) is 12.1 Å². The molecule has 0 bridgehead atoms. The van der Waals surface area contributed by atoms with Crippen molar-refractivity contribution in [3.05, 3.63) is 57.8 Å². The smallest absolute Gasteiger partial charge is 0.407 e. The summed E-state index contributed by atoms with van der Waals surface area (Å²) in [4.78, 5) is 13.3. The molecule has 0 aliphatic rings. The quantitative estimate of drug-likeness (QED) is 0.620. The molecule has 8 heteroatoms. The summed E-state index contributed by atoms with van der Waals surface area (Å²) >= 11 is 1.59. The van der Waals surface area contributed by atoms with Crippen molar-refractivity contribution in [2.24, 2.45) is 0 Å². The zero-order chi connectivity index (χ0) is 20.7. The normalized spacial score (nSPS) is 13.8. The number of carbonyl (C=O) groups is 1. The summed E-state index contributed by atoms with van der Waals surface area (Å²) in [5.74, 6) is -1.42. The first kappa shape index (κ1) is 22.3. The summed E-state index contributed by atoms with van der Waals surface area (Å²) in [6, 6.07) is 6.25. The SMILES string of the molecule is CC(C)(C)OC(=O)N[C@@H](Cc1cc(F)cc(F)c1)[C@H](O)CNCc1cccs1. The lowest BCUT2D eigenvalue weighted by Crippen LogP contribution is -2.49. The van der Waals surface area contributed by atoms with Gasteiger partial charge in [0, 0.05) is 24.0 Å². The first-order valence-electron chi connectivity index (χ1n) is 8.98. The molecule has 0 spiro atoms. The maximum Gasteiger partial charge on any atom is 0.407 e. The Balaban J connectivity index is 2.04. The average Bonchev–Trinajstić information content (AvgIpc) is 3.04. The van der Waals surface area contributed by atoms with Crippen LogP contribution in [0.4, 0.5) is 13.6 Å². The molecule has 2 atom stereocenters. The van der Waals surface area contributed by atoms with E-state index in [1.165, 1.54) is 12.1 Å². The average molecular weight is 413 g/mol. The molecule has 2 aromatic rings. The van der Waals surface area contributed by atoms with Gasteiger partial charge >= 0.3 is 6.09 Å². The number of halogens is 2. The van der Waals surface area contributed by atoms with Crippen LogP contribution in [0.1, 0.15) is 31.2 Å². The van der Waals surface area contributed by atoms with E-state index >= 15 is 0 Å². The molecule has 2 rings (SSSR count). The Kier molecular flexibility index (Phi) is 7.91. The number of nitrogens with one attached hydrogen (secondary N) is 2. The third-order valence-corrected chi connectivity index (χ3v) is 4.65. The van der Waals surface area contributed by atoms with Crippen LogP contribution in [0.2, 0.25) is 0 Å². The maximum absolute atomic E-state index is 13.5. The van der Waals surface area contributed by atoms with Gasteiger partial charge in [0.05, 0.1) is 12.1 Å². The van der Waals surface area contributed by atoms with Crippen molar-refractivity contribution in [3.63, 3.8) is 0 Å². The Morgan fingerprint density at radius 1 is 1.25 bits per heavy atom. The number of rotatable bonds is 8. The number of alkyl carbamates (subject to hydrolysis) is 1. The van der Waals surface area contributed by atoms with Crippen molar-refractivity contribution in [1.82, 2.24) is 10.6 Å². The van der Waals surface area contributed by atoms with Gasteiger partial charge in [0.1, 0.15) is 17.2 Å². The van der Waals surface area contributed by atoms with E-state index in [2.05, 4.69) is 10.6 Å². The fraction of sp³-hybridized carbons (Fsp3) is 0.450. The van der Waals surface area contributed by atoms with Crippen LogP contribution in [-0.4, -0.2) is 35.5 Å². The molecule has 28 heavy (non-hydrogen) atoms. The third kappa shape index (κ3) is 7.92. The molecular formula is C20H26F2N2O3S. The summed E-state index contributed by atoms with van der Waals surface area (Å²) < 4.78 is 32.2. The molecule has 0 radical (unpaired) electrons. The molecule has 1 heterocycles. The number of aliphatic hydroxyl groups excluding tert-OH is 1. The highest BCUT2D eigenvalue weighted by molar-refractivity contribution is 7.09. The number of amides is 1. The predicted octanol–water partition coefficient (Wildman–Crippen LogP) is 3.61. The molecular weight excluding hydrogens is 386 g/mol. The Bertz CT molecular complexity index is 743. The molecule has 3 N–H and O–H groups in total. The lowest BCUT2D eigenvalue weighted by atomic mass is 10.0. The molecule has 5 nitrogen and oxygen atoms in total. The van der Waals surface area contributed by atoms with E-state index in [1.54, 1.807) is 32.1 Å². The Morgan fingerprint density at radius 2 is 1.93 bits per heavy atom. The third-order valence-electron chi connectivity index (χ3n) is 3.78. The number of ether oxygens (including phenoxy) is 1. The number of carbonyl (C=O) groups excluding carboxylic acids is 1. The van der Waals surface area contributed by atoms with E-state index in [-0.39, 0.29) is 13.0 Å². The monoisotopic (exact) mass is 412 g/mol. The number of benzene rings is 1. The van der Waals surface area contributed by atoms with Crippen LogP contribution in [0.5, 0.6) is 0 Å². The van der Waals surface area contributed by atoms with Crippen molar-refractivity contribution in [1.29, 1.82) is 0 Å². The number of hydrogen-bond acceptors (Lipinski definition) is 5. The van der Waals surface area contributed by atoms with Gasteiger partial charge in [-0.1, -0.05) is 6.07 Å². The Labute approximate surface area is 167 Å². The lowest BCUT2D eigenvalue weighted by molar-refractivity contribution is 0.0422. The van der Waals surface area contributed by atoms with E-state index < -0.39 is 35.5 Å². The minimum Gasteiger partial charge on any atom is -0.444 e. The maximum atomic E-state index is 13.5. The van der Waals surface area contributed by atoms with Crippen LogP contribution < -0.4 is 10.6 Å². The Morgan fingerprint density at radius 3 is 2.50 bits per heavy atom. The topological polar surface area (TPSA) is 70.6 Å². The summed E-state index contributed by atoms with van der Waals surface area (Å²) in [6.45, 7) is 5.94. The first-order chi connectivity index (χ1) is 13.1. The van der Waals surface area contributed by atoms with Gasteiger partial charge in [0.2, 0.25) is 0 Å². The molecule has 0 saturated heterocycles. The van der Waals surface area contributed by atoms with Crippen molar-refractivity contribution in [2.75, 3.05) is 6.54 Å². The zero-order valence-corrected chi connectivity index (χ0v) is 17.0. The van der Waals surface area contributed by atoms with Gasteiger partial charge in [0.25, 0.3) is 0 Å². The summed E-state index contributed by atoms with van der Waals surface area (Å²) in [6.07, 6.45) is -1.64. The minimum atomic E-state index is -0.987. The summed E-state index contributed by atoms with van der Waals surface area (Å²) in [7, 11) is 0. The molecule has 1 aromatic heterocycles. The second-order valence-electron chi connectivity index (χ2n) is 7.51. The van der Waals surface area contributed by atoms with E-state index in [0.717, 1.165) is 10.9 Å². The van der Waals surface area contributed by atoms with Gasteiger partial charge in [-0.05, 0) is 56.3 Å². The molecule has 0 fully saturated rings. The lowest BCUT2D eigenvalue weighted by Gasteiger charge is -2.27. The van der Waals surface area contributed by atoms with Gasteiger partial charge in [-0.3, -0.25) is 0 Å². The largest absolute Gasteiger partial charge is 0.444 e. The van der Waals surface area contributed by atoms with Crippen molar-refractivity contribution < 1.29 is 23.4 Å². The Hall–Kier alpha value is -2.03. The van der Waals surface area contributed by atoms with Crippen LogP contribution in [0.25, 0.3) is 0 Å². The molecule has 1 aromatic carbocycles. The summed E-state index contributed by atoms with van der Waals surface area (Å²) in [5, 5.41) is 18.3. The molecule has 0 saturated carbocycles. The van der Waals surface area contributed by atoms with Gasteiger partial charge in [-0.2, -0.15) is 0 Å². The van der Waals surface area contributed by atoms with Crippen LogP contribution in [0.15, 0.2) is 35.7 Å². The zero-order valence-electron chi connectivity index (χ0n) is 16.2. The number of aliphatic hydroxyl groups is 1. The highest BCUT2D eigenvalue weighted by Gasteiger charge is 2.25. The van der Waals surface area contributed by atoms with Gasteiger partial charge in [-0.25, -0.2) is 13.6 Å². The minimum absolute atomic E-state index is 0.0514. The second-order valence-corrected chi connectivity index (χ2v) is 8.54. The molecule has 0 unspecified atom stereocenters. The van der Waals surface area contributed by atoms with Crippen molar-refractivity contribution in [3.8, 4) is 0 Å². The highest BCUT2D eigenvalue weighted by Crippen LogP contribution is 2.14. The molecule has 0 aliphatic heterocycles. The predicted molar refractivity (Wildman–Crippen MR) is 105 cm³/mol. The van der Waals surface area contributed by atoms with E-state index in [9.17, 15) is 18.7 Å². The fourth-order valence-electron chi connectivity index (χ4n) is 2.62. The van der Waals surface area contributed by atoms with Gasteiger partial charge < -0.3 is 20.5 Å². The van der Waals surface area contributed by atoms with E-state index in [4.69, 9.17) is 4.74 Å². The van der Waals surface area contributed by atoms with Crippen molar-refractivity contribution >= 4 is 17.4 Å². The number of hydrogen-bond donors (Lipinski definition) is 3. The van der Waals surface area contributed by atoms with Crippen LogP contribution in [0, 0.1) is 11.6 Å². The highest BCUT2D eigenvalue weighted by atomic mass is 32.1. The number of thiophene rings is 1. The standard InChI is InChI=1S/C20H26F2N2O3S/c1-20(2,3)27-19(26)24-17(9-13-7-14(21)10-15(22)8-13)18(25)12-23-11-16-5-4-6-28-16/h4-8,10,17-18,23,25H,9,11-12H2,1-3H3,(H,24,26)/t17-,18+/m0/s1. The van der Waals surface area contributed by atoms with Crippen LogP contribution in [-0.2, 0) is 17.7 Å². The van der Waals surface area contributed by atoms with Crippen LogP contribution >= 0.6 is 11.3 Å². The van der Waals surface area contributed by atoms with E-state index in [1.807, 2.05) is 17.5 Å². The molecule has 0 aliphatic carbocycles. The first-order valence-corrected chi connectivity index (χ1v) is 9.86. The fourth-order valence-corrected chi connectivity index (χ4v) is 3.30. The van der Waals surface area contributed by atoms with Gasteiger partial charge in [0.15, 0.2) is 0 Å². The van der Waals surface area contributed by atoms with Crippen molar-refractivity contribution in [2.45, 2.75) is 51.5 Å². The second kappa shape index (κ2) is 9.95. The van der Waals surface area contributed by atoms with Gasteiger partial charge in [-0.15, -0.1) is 11.3 Å².